The van der Waals surface area contributed by atoms with Crippen LogP contribution in [0.4, 0.5) is 5.82 Å². The normalized spacial score (nSPS) is 14.4. The van der Waals surface area contributed by atoms with Crippen molar-refractivity contribution in [2.45, 2.75) is 25.3 Å². The number of rotatable bonds is 5. The van der Waals surface area contributed by atoms with Gasteiger partial charge in [-0.25, -0.2) is 4.98 Å². The Bertz CT molecular complexity index is 655. The number of hydrogen-bond donors (Lipinski definition) is 2. The van der Waals surface area contributed by atoms with Gasteiger partial charge in [0.15, 0.2) is 0 Å². The summed E-state index contributed by atoms with van der Waals surface area (Å²) in [5.41, 5.74) is 5.62. The number of phenols is 1. The summed E-state index contributed by atoms with van der Waals surface area (Å²) < 4.78 is 0. The summed E-state index contributed by atoms with van der Waals surface area (Å²) in [5, 5.41) is 11.8. The molecule has 0 amide bonds. The Morgan fingerprint density at radius 1 is 1.40 bits per heavy atom. The lowest BCUT2D eigenvalue weighted by molar-refractivity contribution is 0.476. The first-order valence-electron chi connectivity index (χ1n) is 6.78. The average molecular weight is 287 g/mol. The molecule has 0 aliphatic heterocycles. The van der Waals surface area contributed by atoms with Crippen LogP contribution in [0.15, 0.2) is 30.5 Å². The van der Waals surface area contributed by atoms with Crippen LogP contribution in [0.2, 0.25) is 0 Å². The molecule has 5 heteroatoms. The first-order chi connectivity index (χ1) is 9.65. The second-order valence-electron chi connectivity index (χ2n) is 5.18. The molecule has 0 saturated heterocycles. The predicted molar refractivity (Wildman–Crippen MR) is 85.2 cm³/mol. The van der Waals surface area contributed by atoms with Crippen molar-refractivity contribution in [1.82, 2.24) is 4.98 Å². The molecular weight excluding hydrogens is 270 g/mol. The topological polar surface area (TPSA) is 62.4 Å². The van der Waals surface area contributed by atoms with E-state index in [9.17, 15) is 5.11 Å². The van der Waals surface area contributed by atoms with Crippen molar-refractivity contribution in [2.75, 3.05) is 11.4 Å². The third-order valence-electron chi connectivity index (χ3n) is 3.59. The van der Waals surface area contributed by atoms with E-state index in [4.69, 9.17) is 18.0 Å². The zero-order chi connectivity index (χ0) is 14.1. The van der Waals surface area contributed by atoms with Crippen LogP contribution >= 0.6 is 12.2 Å². The molecule has 0 unspecified atom stereocenters. The third-order valence-corrected chi connectivity index (χ3v) is 3.79. The summed E-state index contributed by atoms with van der Waals surface area (Å²) >= 11 is 4.98. The van der Waals surface area contributed by atoms with Crippen molar-refractivity contribution < 1.29 is 5.11 Å². The molecule has 0 bridgehead atoms. The zero-order valence-corrected chi connectivity index (χ0v) is 11.9. The molecule has 4 nitrogen and oxygen atoms in total. The molecule has 1 aromatic carbocycles. The third kappa shape index (κ3) is 2.67. The number of hydrogen-bond acceptors (Lipinski definition) is 4. The molecule has 0 atom stereocenters. The summed E-state index contributed by atoms with van der Waals surface area (Å²) in [6.45, 7) is 0.780. The first-order valence-corrected chi connectivity index (χ1v) is 7.18. The fourth-order valence-corrected chi connectivity index (χ4v) is 2.54. The molecular formula is C15H17N3OS. The van der Waals surface area contributed by atoms with E-state index in [0.717, 1.165) is 23.1 Å². The van der Waals surface area contributed by atoms with Gasteiger partial charge in [0.2, 0.25) is 0 Å². The Balaban J connectivity index is 2.01. The van der Waals surface area contributed by atoms with Gasteiger partial charge in [-0.2, -0.15) is 0 Å². The van der Waals surface area contributed by atoms with E-state index in [0.29, 0.717) is 17.5 Å². The van der Waals surface area contributed by atoms with Gasteiger partial charge in [-0.3, -0.25) is 0 Å². The molecule has 0 radical (unpaired) electrons. The Kier molecular flexibility index (Phi) is 3.44. The highest BCUT2D eigenvalue weighted by Gasteiger charge is 2.30. The number of nitrogens with two attached hydrogens (primary N) is 1. The molecule has 1 aliphatic rings. The highest BCUT2D eigenvalue weighted by atomic mass is 32.1. The van der Waals surface area contributed by atoms with E-state index < -0.39 is 0 Å². The Labute approximate surface area is 123 Å². The van der Waals surface area contributed by atoms with Gasteiger partial charge < -0.3 is 15.7 Å². The summed E-state index contributed by atoms with van der Waals surface area (Å²) in [4.78, 5) is 7.31. The van der Waals surface area contributed by atoms with Gasteiger partial charge in [0.1, 0.15) is 11.6 Å². The van der Waals surface area contributed by atoms with Crippen LogP contribution < -0.4 is 10.6 Å². The summed E-state index contributed by atoms with van der Waals surface area (Å²) in [7, 11) is 0. The lowest BCUT2D eigenvalue weighted by Gasteiger charge is -2.24. The quantitative estimate of drug-likeness (QED) is 0.828. The van der Waals surface area contributed by atoms with Crippen molar-refractivity contribution in [3.05, 3.63) is 30.5 Å². The van der Waals surface area contributed by atoms with Crippen LogP contribution in [0.5, 0.6) is 5.75 Å². The van der Waals surface area contributed by atoms with E-state index in [2.05, 4.69) is 9.88 Å². The smallest absolute Gasteiger partial charge is 0.136 e. The molecule has 1 aliphatic carbocycles. The molecule has 1 heterocycles. The average Bonchev–Trinajstić information content (AvgIpc) is 3.23. The maximum absolute atomic E-state index is 9.72. The van der Waals surface area contributed by atoms with Gasteiger partial charge in [-0.1, -0.05) is 18.3 Å². The Morgan fingerprint density at radius 3 is 2.90 bits per heavy atom. The minimum absolute atomic E-state index is 0.261. The number of aromatic hydroxyl groups is 1. The van der Waals surface area contributed by atoms with E-state index in [1.807, 2.05) is 18.3 Å². The van der Waals surface area contributed by atoms with Gasteiger partial charge in [-0.15, -0.1) is 0 Å². The number of fused-ring (bicyclic) bond motifs is 1. The number of benzene rings is 1. The first kappa shape index (κ1) is 13.1. The standard InChI is InChI=1S/C15H17N3OS/c16-14(20)6-8-18(11-2-3-11)15-13-9-12(19)4-1-10(13)5-7-17-15/h1,4-5,7,9,11,19H,2-3,6,8H2,(H2,16,20). The number of aromatic nitrogens is 1. The zero-order valence-electron chi connectivity index (χ0n) is 11.1. The SMILES string of the molecule is NC(=S)CCN(c1nccc2ccc(O)cc12)C1CC1. The second kappa shape index (κ2) is 5.25. The van der Waals surface area contributed by atoms with Crippen LogP contribution in [-0.4, -0.2) is 27.7 Å². The lowest BCUT2D eigenvalue weighted by Crippen LogP contribution is -2.30. The molecule has 1 fully saturated rings. The number of nitrogens with zero attached hydrogens (tertiary/aromatic N) is 2. The lowest BCUT2D eigenvalue weighted by atomic mass is 10.1. The number of anilines is 1. The minimum Gasteiger partial charge on any atom is -0.508 e. The molecule has 1 saturated carbocycles. The summed E-state index contributed by atoms with van der Waals surface area (Å²) in [6, 6.07) is 7.85. The maximum Gasteiger partial charge on any atom is 0.136 e. The number of thiocarbonyl (C=S) groups is 1. The van der Waals surface area contributed by atoms with Crippen molar-refractivity contribution in [3.63, 3.8) is 0 Å². The summed E-state index contributed by atoms with van der Waals surface area (Å²) in [6.07, 6.45) is 4.84. The molecule has 3 rings (SSSR count). The minimum atomic E-state index is 0.261. The van der Waals surface area contributed by atoms with Crippen molar-refractivity contribution in [3.8, 4) is 5.75 Å². The van der Waals surface area contributed by atoms with E-state index >= 15 is 0 Å². The molecule has 20 heavy (non-hydrogen) atoms. The fraction of sp³-hybridized carbons (Fsp3) is 0.333. The molecule has 0 spiro atoms. The van der Waals surface area contributed by atoms with Crippen molar-refractivity contribution >= 4 is 33.8 Å². The van der Waals surface area contributed by atoms with Crippen LogP contribution in [0.25, 0.3) is 10.8 Å². The molecule has 3 N–H and O–H groups in total. The Hall–Kier alpha value is -1.88. The van der Waals surface area contributed by atoms with Gasteiger partial charge in [-0.05, 0) is 36.4 Å². The van der Waals surface area contributed by atoms with E-state index in [1.165, 1.54) is 12.8 Å². The monoisotopic (exact) mass is 287 g/mol. The van der Waals surface area contributed by atoms with Crippen molar-refractivity contribution in [1.29, 1.82) is 0 Å². The summed E-state index contributed by atoms with van der Waals surface area (Å²) in [5.74, 6) is 1.17. The van der Waals surface area contributed by atoms with Crippen LogP contribution in [0.1, 0.15) is 19.3 Å². The van der Waals surface area contributed by atoms with Crippen LogP contribution in [0.3, 0.4) is 0 Å². The fourth-order valence-electron chi connectivity index (χ4n) is 2.45. The van der Waals surface area contributed by atoms with Crippen molar-refractivity contribution in [2.24, 2.45) is 5.73 Å². The number of phenolic OH excluding ortho intramolecular Hbond substituents is 1. The van der Waals surface area contributed by atoms with E-state index in [-0.39, 0.29) is 5.75 Å². The Morgan fingerprint density at radius 2 is 2.20 bits per heavy atom. The molecule has 1 aromatic heterocycles. The highest BCUT2D eigenvalue weighted by Crippen LogP contribution is 2.35. The second-order valence-corrected chi connectivity index (χ2v) is 5.71. The highest BCUT2D eigenvalue weighted by molar-refractivity contribution is 7.80. The van der Waals surface area contributed by atoms with Crippen LogP contribution in [-0.2, 0) is 0 Å². The van der Waals surface area contributed by atoms with Gasteiger partial charge in [0.25, 0.3) is 0 Å². The molecule has 2 aromatic rings. The molecule has 104 valence electrons. The van der Waals surface area contributed by atoms with Gasteiger partial charge >= 0.3 is 0 Å². The predicted octanol–water partition coefficient (Wildman–Crippen LogP) is 2.59. The van der Waals surface area contributed by atoms with E-state index in [1.54, 1.807) is 12.1 Å². The number of pyridine rings is 1. The largest absolute Gasteiger partial charge is 0.508 e. The maximum atomic E-state index is 9.72. The van der Waals surface area contributed by atoms with Crippen LogP contribution in [0, 0.1) is 0 Å². The van der Waals surface area contributed by atoms with Gasteiger partial charge in [0.05, 0.1) is 4.99 Å². The van der Waals surface area contributed by atoms with Gasteiger partial charge in [0, 0.05) is 30.6 Å².